The lowest BCUT2D eigenvalue weighted by Gasteiger charge is -2.07. The number of hydrogen-bond acceptors (Lipinski definition) is 6. The van der Waals surface area contributed by atoms with Gasteiger partial charge in [-0.2, -0.15) is 0 Å². The van der Waals surface area contributed by atoms with Crippen LogP contribution >= 0.6 is 0 Å². The van der Waals surface area contributed by atoms with E-state index in [1.54, 1.807) is 12.2 Å². The number of pyridine rings is 2. The van der Waals surface area contributed by atoms with Crippen LogP contribution in [-0.2, 0) is 6.42 Å². The van der Waals surface area contributed by atoms with E-state index in [0.29, 0.717) is 0 Å². The molecule has 3 aromatic carbocycles. The molecule has 0 saturated heterocycles. The van der Waals surface area contributed by atoms with Crippen LogP contribution in [-0.4, -0.2) is 32.8 Å². The summed E-state index contributed by atoms with van der Waals surface area (Å²) in [5.41, 5.74) is 17.2. The third-order valence-electron chi connectivity index (χ3n) is 9.02. The Morgan fingerprint density at radius 2 is 1.06 bits per heavy atom. The average Bonchev–Trinajstić information content (AvgIpc) is 3.51. The molecule has 0 bridgehead atoms. The maximum Gasteiger partial charge on any atom is 0.0849 e. The molecule has 0 atom stereocenters. The first-order valence-corrected chi connectivity index (χ1v) is 17.1. The van der Waals surface area contributed by atoms with Gasteiger partial charge in [-0.1, -0.05) is 61.7 Å². The zero-order chi connectivity index (χ0) is 36.1. The Kier molecular flexibility index (Phi) is 10.3. The van der Waals surface area contributed by atoms with Crippen LogP contribution in [0.25, 0.3) is 11.1 Å². The van der Waals surface area contributed by atoms with Gasteiger partial charge in [-0.3, -0.25) is 20.0 Å². The molecule has 0 amide bonds. The quantitative estimate of drug-likeness (QED) is 0.108. The van der Waals surface area contributed by atoms with Gasteiger partial charge in [0.15, 0.2) is 0 Å². The standard InChI is InChI=1S/C45H42N6/c1-9-28(3)40(10-2)48-32(7)44-19-13-17-42(50-44)30(5)46-36-21-23-38-34(26-36)25-35-27-37(22-24-39(35)38)47-31(6)43-18-14-20-45(51-43)33(8)49-41-16-12-11-15-29(41)4/h9-24,26-27H,1-2,25H2,3-8H3/b40-28+,46-30?,47-31?,48-32?,49-33?. The largest absolute Gasteiger partial charge is 0.252 e. The van der Waals surface area contributed by atoms with Crippen LogP contribution in [0.1, 0.15) is 74.1 Å². The molecular formula is C45H42N6. The molecule has 5 aromatic rings. The van der Waals surface area contributed by atoms with Gasteiger partial charge < -0.3 is 0 Å². The summed E-state index contributed by atoms with van der Waals surface area (Å²) in [7, 11) is 0. The summed E-state index contributed by atoms with van der Waals surface area (Å²) >= 11 is 0. The van der Waals surface area contributed by atoms with E-state index in [4.69, 9.17) is 29.9 Å². The molecule has 1 aliphatic carbocycles. The highest BCUT2D eigenvalue weighted by molar-refractivity contribution is 6.03. The van der Waals surface area contributed by atoms with Crippen molar-refractivity contribution in [3.05, 3.63) is 173 Å². The molecule has 1 aliphatic rings. The molecule has 6 nitrogen and oxygen atoms in total. The number of fused-ring (bicyclic) bond motifs is 3. The summed E-state index contributed by atoms with van der Waals surface area (Å²) in [5, 5.41) is 0. The monoisotopic (exact) mass is 666 g/mol. The lowest BCUT2D eigenvalue weighted by Crippen LogP contribution is -2.05. The molecular weight excluding hydrogens is 625 g/mol. The predicted molar refractivity (Wildman–Crippen MR) is 215 cm³/mol. The van der Waals surface area contributed by atoms with Crippen molar-refractivity contribution in [3.8, 4) is 11.1 Å². The van der Waals surface area contributed by atoms with Crippen molar-refractivity contribution < 1.29 is 0 Å². The van der Waals surface area contributed by atoms with Crippen molar-refractivity contribution in [1.29, 1.82) is 0 Å². The molecule has 0 unspecified atom stereocenters. The van der Waals surface area contributed by atoms with E-state index >= 15 is 0 Å². The van der Waals surface area contributed by atoms with Crippen LogP contribution in [0, 0.1) is 6.92 Å². The van der Waals surface area contributed by atoms with E-state index in [0.717, 1.165) is 85.9 Å². The second-order valence-corrected chi connectivity index (χ2v) is 12.7. The molecule has 2 heterocycles. The van der Waals surface area contributed by atoms with Crippen molar-refractivity contribution in [2.24, 2.45) is 20.0 Å². The Labute approximate surface area is 301 Å². The SMILES string of the molecule is C=C/C(C)=C(\C=C)N=C(C)c1cccc(C(C)=Nc2ccc3c(c2)Cc2cc(N=C(C)c4cccc(C(C)=Nc5ccccc5C)n4)ccc2-3)n1. The summed E-state index contributed by atoms with van der Waals surface area (Å²) in [4.78, 5) is 29.3. The Morgan fingerprint density at radius 3 is 1.55 bits per heavy atom. The minimum absolute atomic E-state index is 0.783. The number of para-hydroxylation sites is 1. The number of hydrogen-bond donors (Lipinski definition) is 0. The molecule has 51 heavy (non-hydrogen) atoms. The van der Waals surface area contributed by atoms with E-state index in [-0.39, 0.29) is 0 Å². The number of aromatic nitrogens is 2. The Balaban J connectivity index is 1.19. The van der Waals surface area contributed by atoms with Crippen LogP contribution < -0.4 is 0 Å². The number of aliphatic imine (C=N–C) groups is 4. The number of nitrogens with zero attached hydrogens (tertiary/aromatic N) is 6. The summed E-state index contributed by atoms with van der Waals surface area (Å²) in [6.45, 7) is 19.7. The van der Waals surface area contributed by atoms with Crippen LogP contribution in [0.3, 0.4) is 0 Å². The van der Waals surface area contributed by atoms with Gasteiger partial charge in [0.2, 0.25) is 0 Å². The first-order valence-electron chi connectivity index (χ1n) is 17.1. The van der Waals surface area contributed by atoms with E-state index in [1.807, 2.05) is 89.2 Å². The molecule has 252 valence electrons. The molecule has 6 heteroatoms. The highest BCUT2D eigenvalue weighted by Gasteiger charge is 2.19. The number of rotatable bonds is 10. The van der Waals surface area contributed by atoms with Gasteiger partial charge in [-0.25, -0.2) is 9.97 Å². The fourth-order valence-electron chi connectivity index (χ4n) is 6.06. The van der Waals surface area contributed by atoms with Gasteiger partial charge >= 0.3 is 0 Å². The maximum absolute atomic E-state index is 4.98. The number of benzene rings is 3. The second-order valence-electron chi connectivity index (χ2n) is 12.7. The lowest BCUT2D eigenvalue weighted by atomic mass is 10.0. The Bertz CT molecular complexity index is 2330. The molecule has 2 aromatic heterocycles. The molecule has 0 fully saturated rings. The highest BCUT2D eigenvalue weighted by atomic mass is 14.8. The van der Waals surface area contributed by atoms with Crippen LogP contribution in [0.4, 0.5) is 17.1 Å². The zero-order valence-electron chi connectivity index (χ0n) is 30.2. The van der Waals surface area contributed by atoms with Crippen molar-refractivity contribution in [1.82, 2.24) is 9.97 Å². The molecule has 0 saturated carbocycles. The summed E-state index contributed by atoms with van der Waals surface area (Å²) < 4.78 is 0. The van der Waals surface area contributed by atoms with E-state index < -0.39 is 0 Å². The molecule has 0 aliphatic heterocycles. The number of allylic oxidation sites excluding steroid dienone is 3. The number of aryl methyl sites for hydroxylation is 1. The topological polar surface area (TPSA) is 75.2 Å². The van der Waals surface area contributed by atoms with Crippen molar-refractivity contribution >= 4 is 39.9 Å². The lowest BCUT2D eigenvalue weighted by molar-refractivity contribution is 1.22. The van der Waals surface area contributed by atoms with E-state index in [9.17, 15) is 0 Å². The third-order valence-corrected chi connectivity index (χ3v) is 9.02. The van der Waals surface area contributed by atoms with Crippen LogP contribution in [0.2, 0.25) is 0 Å². The first-order chi connectivity index (χ1) is 24.6. The van der Waals surface area contributed by atoms with E-state index in [1.165, 1.54) is 22.3 Å². The van der Waals surface area contributed by atoms with Gasteiger partial charge in [-0.15, -0.1) is 0 Å². The molecule has 6 rings (SSSR count). The van der Waals surface area contributed by atoms with Gasteiger partial charge in [0, 0.05) is 0 Å². The third kappa shape index (κ3) is 7.86. The van der Waals surface area contributed by atoms with Crippen molar-refractivity contribution in [2.75, 3.05) is 0 Å². The second kappa shape index (κ2) is 15.2. The zero-order valence-corrected chi connectivity index (χ0v) is 30.2. The van der Waals surface area contributed by atoms with Crippen LogP contribution in [0.15, 0.2) is 154 Å². The van der Waals surface area contributed by atoms with Crippen molar-refractivity contribution in [2.45, 2.75) is 48.0 Å². The minimum atomic E-state index is 0.783. The fourth-order valence-corrected chi connectivity index (χ4v) is 6.06. The van der Waals surface area contributed by atoms with Crippen molar-refractivity contribution in [3.63, 3.8) is 0 Å². The Morgan fingerprint density at radius 1 is 0.569 bits per heavy atom. The maximum atomic E-state index is 4.98. The van der Waals surface area contributed by atoms with Crippen LogP contribution in [0.5, 0.6) is 0 Å². The van der Waals surface area contributed by atoms with E-state index in [2.05, 4.69) is 62.5 Å². The van der Waals surface area contributed by atoms with Gasteiger partial charge in [-0.05, 0) is 142 Å². The molecule has 0 radical (unpaired) electrons. The molecule has 0 N–H and O–H groups in total. The first kappa shape index (κ1) is 34.7. The smallest absolute Gasteiger partial charge is 0.0849 e. The normalized spacial score (nSPS) is 13.8. The summed E-state index contributed by atoms with van der Waals surface area (Å²) in [6.07, 6.45) is 4.34. The minimum Gasteiger partial charge on any atom is -0.252 e. The predicted octanol–water partition coefficient (Wildman–Crippen LogP) is 11.2. The van der Waals surface area contributed by atoms with Gasteiger partial charge in [0.25, 0.3) is 0 Å². The van der Waals surface area contributed by atoms with Gasteiger partial charge in [0.1, 0.15) is 0 Å². The summed E-state index contributed by atoms with van der Waals surface area (Å²) in [6, 6.07) is 32.9. The fraction of sp³-hybridized carbons (Fsp3) is 0.156. The summed E-state index contributed by atoms with van der Waals surface area (Å²) in [5.74, 6) is 0. The highest BCUT2D eigenvalue weighted by Crippen LogP contribution is 2.40. The molecule has 0 spiro atoms. The van der Waals surface area contributed by atoms with Gasteiger partial charge in [0.05, 0.1) is 68.4 Å². The Hall–Kier alpha value is -6.14. The average molecular weight is 667 g/mol.